The quantitative estimate of drug-likeness (QED) is 0.900. The molecule has 1 aromatic carbocycles. The van der Waals surface area contributed by atoms with Crippen molar-refractivity contribution in [2.75, 3.05) is 18.0 Å². The fraction of sp³-hybridized carbons (Fsp3) is 0.462. The van der Waals surface area contributed by atoms with E-state index in [4.69, 9.17) is 16.7 Å². The summed E-state index contributed by atoms with van der Waals surface area (Å²) in [4.78, 5) is 13.2. The molecule has 1 saturated heterocycles. The molecule has 0 spiro atoms. The summed E-state index contributed by atoms with van der Waals surface area (Å²) < 4.78 is 0. The second-order valence-corrected chi connectivity index (χ2v) is 5.31. The zero-order chi connectivity index (χ0) is 12.6. The molecular formula is C13H16ClNO2. The number of hydrogen-bond acceptors (Lipinski definition) is 2. The Bertz CT molecular complexity index is 439. The lowest BCUT2D eigenvalue weighted by Gasteiger charge is -2.43. The normalized spacial score (nSPS) is 16.1. The summed E-state index contributed by atoms with van der Waals surface area (Å²) >= 11 is 5.93. The highest BCUT2D eigenvalue weighted by molar-refractivity contribution is 6.31. The Morgan fingerprint density at radius 2 is 2.12 bits per heavy atom. The van der Waals surface area contributed by atoms with Gasteiger partial charge in [0.1, 0.15) is 0 Å². The predicted octanol–water partition coefficient (Wildman–Crippen LogP) is 3.13. The minimum absolute atomic E-state index is 0.330. The van der Waals surface area contributed by atoms with Crippen molar-refractivity contribution in [2.45, 2.75) is 13.8 Å². The molecule has 0 atom stereocenters. The van der Waals surface area contributed by atoms with E-state index in [1.165, 1.54) is 0 Å². The maximum Gasteiger partial charge on any atom is 0.337 e. The van der Waals surface area contributed by atoms with Crippen LogP contribution in [0.3, 0.4) is 0 Å². The second kappa shape index (κ2) is 4.57. The number of aromatic carboxylic acids is 1. The first-order valence-corrected chi connectivity index (χ1v) is 6.14. The highest BCUT2D eigenvalue weighted by atomic mass is 35.5. The van der Waals surface area contributed by atoms with Crippen molar-refractivity contribution in [1.82, 2.24) is 0 Å². The van der Waals surface area contributed by atoms with Gasteiger partial charge in [0.05, 0.1) is 11.3 Å². The molecule has 0 aliphatic carbocycles. The highest BCUT2D eigenvalue weighted by Gasteiger charge is 2.31. The molecule has 1 N–H and O–H groups in total. The standard InChI is InChI=1S/C13H16ClNO2/c1-8(2)9-6-15(7-9)12-5-10(14)3-4-11(12)13(16)17/h3-5,8-9H,6-7H2,1-2H3,(H,16,17). The first-order valence-electron chi connectivity index (χ1n) is 5.77. The summed E-state index contributed by atoms with van der Waals surface area (Å²) in [6.45, 7) is 6.22. The van der Waals surface area contributed by atoms with Crippen molar-refractivity contribution < 1.29 is 9.90 Å². The SMILES string of the molecule is CC(C)C1CN(c2cc(Cl)ccc2C(=O)O)C1. The molecule has 17 heavy (non-hydrogen) atoms. The van der Waals surface area contributed by atoms with Crippen molar-refractivity contribution >= 4 is 23.3 Å². The molecular weight excluding hydrogens is 238 g/mol. The Balaban J connectivity index is 2.21. The van der Waals surface area contributed by atoms with E-state index in [0.29, 0.717) is 22.4 Å². The third-order valence-corrected chi connectivity index (χ3v) is 3.62. The third kappa shape index (κ3) is 2.39. The molecule has 4 heteroatoms. The molecule has 0 bridgehead atoms. The zero-order valence-corrected chi connectivity index (χ0v) is 10.7. The topological polar surface area (TPSA) is 40.5 Å². The lowest BCUT2D eigenvalue weighted by molar-refractivity contribution is 0.0697. The van der Waals surface area contributed by atoms with Crippen molar-refractivity contribution in [2.24, 2.45) is 11.8 Å². The van der Waals surface area contributed by atoms with E-state index in [2.05, 4.69) is 18.7 Å². The molecule has 1 heterocycles. The minimum Gasteiger partial charge on any atom is -0.478 e. The lowest BCUT2D eigenvalue weighted by Crippen LogP contribution is -2.49. The second-order valence-electron chi connectivity index (χ2n) is 4.88. The number of halogens is 1. The third-order valence-electron chi connectivity index (χ3n) is 3.38. The van der Waals surface area contributed by atoms with Gasteiger partial charge >= 0.3 is 5.97 Å². The molecule has 92 valence electrons. The van der Waals surface area contributed by atoms with Gasteiger partial charge in [-0.1, -0.05) is 25.4 Å². The number of carbonyl (C=O) groups is 1. The van der Waals surface area contributed by atoms with Crippen molar-refractivity contribution in [3.8, 4) is 0 Å². The molecule has 0 aromatic heterocycles. The maximum absolute atomic E-state index is 11.1. The number of benzene rings is 1. The molecule has 1 aromatic rings. The van der Waals surface area contributed by atoms with Gasteiger partial charge in [0, 0.05) is 18.1 Å². The molecule has 1 fully saturated rings. The van der Waals surface area contributed by atoms with Crippen LogP contribution < -0.4 is 4.90 Å². The monoisotopic (exact) mass is 253 g/mol. The van der Waals surface area contributed by atoms with Gasteiger partial charge in [-0.25, -0.2) is 4.79 Å². The summed E-state index contributed by atoms with van der Waals surface area (Å²) in [5, 5.41) is 9.71. The van der Waals surface area contributed by atoms with E-state index >= 15 is 0 Å². The number of rotatable bonds is 3. The lowest BCUT2D eigenvalue weighted by atomic mass is 9.87. The molecule has 2 rings (SSSR count). The van der Waals surface area contributed by atoms with Crippen LogP contribution in [0, 0.1) is 11.8 Å². The van der Waals surface area contributed by atoms with Crippen LogP contribution in [0.4, 0.5) is 5.69 Å². The van der Waals surface area contributed by atoms with Crippen molar-refractivity contribution in [3.63, 3.8) is 0 Å². The van der Waals surface area contributed by atoms with Gasteiger partial charge in [-0.3, -0.25) is 0 Å². The average Bonchev–Trinajstić information content (AvgIpc) is 2.14. The van der Waals surface area contributed by atoms with Crippen LogP contribution in [-0.4, -0.2) is 24.2 Å². The molecule has 0 saturated carbocycles. The number of nitrogens with zero attached hydrogens (tertiary/aromatic N) is 1. The number of carboxylic acids is 1. The summed E-state index contributed by atoms with van der Waals surface area (Å²) in [6.07, 6.45) is 0. The van der Waals surface area contributed by atoms with Gasteiger partial charge in [-0.15, -0.1) is 0 Å². The molecule has 1 aliphatic heterocycles. The summed E-state index contributed by atoms with van der Waals surface area (Å²) in [5.41, 5.74) is 1.07. The van der Waals surface area contributed by atoms with E-state index in [1.807, 2.05) is 0 Å². The minimum atomic E-state index is -0.898. The van der Waals surface area contributed by atoms with E-state index < -0.39 is 5.97 Å². The summed E-state index contributed by atoms with van der Waals surface area (Å²) in [7, 11) is 0. The van der Waals surface area contributed by atoms with Gasteiger partial charge < -0.3 is 10.0 Å². The number of anilines is 1. The van der Waals surface area contributed by atoms with Gasteiger partial charge in [-0.05, 0) is 30.0 Å². The van der Waals surface area contributed by atoms with Crippen LogP contribution in [0.1, 0.15) is 24.2 Å². The largest absolute Gasteiger partial charge is 0.478 e. The fourth-order valence-corrected chi connectivity index (χ4v) is 2.24. The Morgan fingerprint density at radius 1 is 1.47 bits per heavy atom. The first kappa shape index (κ1) is 12.2. The van der Waals surface area contributed by atoms with Crippen LogP contribution in [0.15, 0.2) is 18.2 Å². The Hall–Kier alpha value is -1.22. The Labute approximate surface area is 106 Å². The molecule has 0 radical (unpaired) electrons. The smallest absolute Gasteiger partial charge is 0.337 e. The summed E-state index contributed by atoms with van der Waals surface area (Å²) in [5.74, 6) is 0.388. The maximum atomic E-state index is 11.1. The van der Waals surface area contributed by atoms with Crippen LogP contribution in [0.5, 0.6) is 0 Å². The molecule has 0 amide bonds. The van der Waals surface area contributed by atoms with Crippen molar-refractivity contribution in [1.29, 1.82) is 0 Å². The molecule has 3 nitrogen and oxygen atoms in total. The van der Waals surface area contributed by atoms with E-state index in [-0.39, 0.29) is 0 Å². The van der Waals surface area contributed by atoms with Crippen LogP contribution in [-0.2, 0) is 0 Å². The van der Waals surface area contributed by atoms with Gasteiger partial charge in [0.15, 0.2) is 0 Å². The summed E-state index contributed by atoms with van der Waals surface area (Å²) in [6, 6.07) is 4.93. The van der Waals surface area contributed by atoms with Gasteiger partial charge in [0.2, 0.25) is 0 Å². The van der Waals surface area contributed by atoms with Crippen LogP contribution in [0.2, 0.25) is 5.02 Å². The predicted molar refractivity (Wildman–Crippen MR) is 69.0 cm³/mol. The molecule has 0 unspecified atom stereocenters. The van der Waals surface area contributed by atoms with E-state index in [1.54, 1.807) is 18.2 Å². The molecule has 1 aliphatic rings. The van der Waals surface area contributed by atoms with Crippen molar-refractivity contribution in [3.05, 3.63) is 28.8 Å². The van der Waals surface area contributed by atoms with Gasteiger partial charge in [-0.2, -0.15) is 0 Å². The van der Waals surface area contributed by atoms with E-state index in [9.17, 15) is 4.79 Å². The number of carboxylic acid groups (broad SMARTS) is 1. The fourth-order valence-electron chi connectivity index (χ4n) is 2.08. The highest BCUT2D eigenvalue weighted by Crippen LogP contribution is 2.33. The van der Waals surface area contributed by atoms with Crippen LogP contribution >= 0.6 is 11.6 Å². The van der Waals surface area contributed by atoms with Crippen LogP contribution in [0.25, 0.3) is 0 Å². The Morgan fingerprint density at radius 3 is 2.65 bits per heavy atom. The zero-order valence-electron chi connectivity index (χ0n) is 9.98. The average molecular weight is 254 g/mol. The van der Waals surface area contributed by atoms with E-state index in [0.717, 1.165) is 18.8 Å². The number of hydrogen-bond donors (Lipinski definition) is 1. The van der Waals surface area contributed by atoms with Gasteiger partial charge in [0.25, 0.3) is 0 Å². The first-order chi connectivity index (χ1) is 7.99. The Kier molecular flexibility index (Phi) is 3.29.